The van der Waals surface area contributed by atoms with Gasteiger partial charge >= 0.3 is 0 Å². The van der Waals surface area contributed by atoms with E-state index in [1.165, 1.54) is 0 Å². The van der Waals surface area contributed by atoms with Gasteiger partial charge in [-0.05, 0) is 42.3 Å². The summed E-state index contributed by atoms with van der Waals surface area (Å²) in [6, 6.07) is 15.8. The van der Waals surface area contributed by atoms with Gasteiger partial charge in [-0.2, -0.15) is 0 Å². The lowest BCUT2D eigenvalue weighted by Crippen LogP contribution is -2.10. The summed E-state index contributed by atoms with van der Waals surface area (Å²) in [5.41, 5.74) is 2.02. The van der Waals surface area contributed by atoms with Crippen LogP contribution in [0.25, 0.3) is 0 Å². The van der Waals surface area contributed by atoms with Crippen LogP contribution in [-0.2, 0) is 4.79 Å². The average molecular weight is 368 g/mol. The summed E-state index contributed by atoms with van der Waals surface area (Å²) < 4.78 is 1.97. The van der Waals surface area contributed by atoms with Crippen LogP contribution in [0.15, 0.2) is 57.5 Å². The molecular formula is C15H12Br2O. The lowest BCUT2D eigenvalue weighted by atomic mass is 9.88. The highest BCUT2D eigenvalue weighted by molar-refractivity contribution is 9.10. The molecule has 2 rings (SSSR count). The Morgan fingerprint density at radius 1 is 0.944 bits per heavy atom. The topological polar surface area (TPSA) is 17.1 Å². The van der Waals surface area contributed by atoms with E-state index in [2.05, 4.69) is 31.9 Å². The molecule has 0 amide bonds. The smallest absolute Gasteiger partial charge is 0.141 e. The molecule has 0 aliphatic carbocycles. The SMILES string of the molecule is CC(=O)C(c1cccc(Br)c1)c1cccc(Br)c1. The Hall–Kier alpha value is -0.930. The fourth-order valence-electron chi connectivity index (χ4n) is 2.03. The van der Waals surface area contributed by atoms with Gasteiger partial charge in [-0.15, -0.1) is 0 Å². The van der Waals surface area contributed by atoms with Crippen molar-refractivity contribution in [3.63, 3.8) is 0 Å². The molecule has 0 spiro atoms. The van der Waals surface area contributed by atoms with Crippen LogP contribution >= 0.6 is 31.9 Å². The van der Waals surface area contributed by atoms with Crippen molar-refractivity contribution in [1.29, 1.82) is 0 Å². The summed E-state index contributed by atoms with van der Waals surface area (Å²) in [6.07, 6.45) is 0. The van der Waals surface area contributed by atoms with Crippen LogP contribution in [0.4, 0.5) is 0 Å². The zero-order chi connectivity index (χ0) is 13.1. The van der Waals surface area contributed by atoms with Crippen LogP contribution in [0.2, 0.25) is 0 Å². The number of carbonyl (C=O) groups excluding carboxylic acids is 1. The molecule has 1 nitrogen and oxygen atoms in total. The number of carbonyl (C=O) groups is 1. The molecule has 0 radical (unpaired) electrons. The summed E-state index contributed by atoms with van der Waals surface area (Å²) in [7, 11) is 0. The molecule has 0 unspecified atom stereocenters. The van der Waals surface area contributed by atoms with Crippen molar-refractivity contribution in [3.05, 3.63) is 68.6 Å². The van der Waals surface area contributed by atoms with Crippen LogP contribution in [0, 0.1) is 0 Å². The summed E-state index contributed by atoms with van der Waals surface area (Å²) >= 11 is 6.89. The Bertz CT molecular complexity index is 533. The molecular weight excluding hydrogens is 356 g/mol. The van der Waals surface area contributed by atoms with E-state index in [1.807, 2.05) is 48.5 Å². The molecule has 2 aromatic carbocycles. The molecule has 0 aliphatic rings. The van der Waals surface area contributed by atoms with Crippen molar-refractivity contribution >= 4 is 37.6 Å². The molecule has 2 aromatic rings. The van der Waals surface area contributed by atoms with Crippen molar-refractivity contribution in [2.75, 3.05) is 0 Å². The quantitative estimate of drug-likeness (QED) is 0.751. The van der Waals surface area contributed by atoms with Gasteiger partial charge in [-0.3, -0.25) is 4.79 Å². The number of Topliss-reactive ketones (excluding diaryl/α,β-unsaturated/α-hetero) is 1. The van der Waals surface area contributed by atoms with Crippen LogP contribution in [0.1, 0.15) is 24.0 Å². The van der Waals surface area contributed by atoms with Crippen LogP contribution in [0.3, 0.4) is 0 Å². The number of halogens is 2. The van der Waals surface area contributed by atoms with Gasteiger partial charge in [-0.25, -0.2) is 0 Å². The molecule has 0 bridgehead atoms. The van der Waals surface area contributed by atoms with Gasteiger partial charge in [0, 0.05) is 8.95 Å². The molecule has 0 atom stereocenters. The first-order valence-corrected chi connectivity index (χ1v) is 7.18. The first-order valence-electron chi connectivity index (χ1n) is 5.59. The van der Waals surface area contributed by atoms with E-state index < -0.39 is 0 Å². The second-order valence-corrected chi connectivity index (χ2v) is 5.99. The minimum Gasteiger partial charge on any atom is -0.299 e. The molecule has 0 aromatic heterocycles. The highest BCUT2D eigenvalue weighted by Gasteiger charge is 2.19. The fraction of sp³-hybridized carbons (Fsp3) is 0.133. The fourth-order valence-corrected chi connectivity index (χ4v) is 2.87. The molecule has 3 heteroatoms. The van der Waals surface area contributed by atoms with Gasteiger partial charge in [0.1, 0.15) is 5.78 Å². The van der Waals surface area contributed by atoms with E-state index in [0.717, 1.165) is 20.1 Å². The number of hydrogen-bond donors (Lipinski definition) is 0. The van der Waals surface area contributed by atoms with Crippen molar-refractivity contribution in [2.24, 2.45) is 0 Å². The number of ketones is 1. The Labute approximate surface area is 123 Å². The minimum absolute atomic E-state index is 0.145. The van der Waals surface area contributed by atoms with Gasteiger partial charge < -0.3 is 0 Å². The van der Waals surface area contributed by atoms with Crippen molar-refractivity contribution in [3.8, 4) is 0 Å². The predicted octanol–water partition coefficient (Wildman–Crippen LogP) is 4.93. The maximum atomic E-state index is 11.9. The lowest BCUT2D eigenvalue weighted by Gasteiger charge is -2.15. The van der Waals surface area contributed by atoms with E-state index in [4.69, 9.17) is 0 Å². The molecule has 0 N–H and O–H groups in total. The first-order chi connectivity index (χ1) is 8.58. The van der Waals surface area contributed by atoms with Crippen molar-refractivity contribution in [1.82, 2.24) is 0 Å². The second-order valence-electron chi connectivity index (χ2n) is 4.15. The number of rotatable bonds is 3. The zero-order valence-electron chi connectivity index (χ0n) is 9.86. The summed E-state index contributed by atoms with van der Waals surface area (Å²) in [5.74, 6) is -0.0637. The summed E-state index contributed by atoms with van der Waals surface area (Å²) in [4.78, 5) is 11.9. The minimum atomic E-state index is -0.208. The van der Waals surface area contributed by atoms with E-state index in [-0.39, 0.29) is 11.7 Å². The molecule has 0 saturated heterocycles. The average Bonchev–Trinajstić information content (AvgIpc) is 2.28. The van der Waals surface area contributed by atoms with E-state index in [1.54, 1.807) is 6.92 Å². The molecule has 18 heavy (non-hydrogen) atoms. The third-order valence-corrected chi connectivity index (χ3v) is 3.76. The highest BCUT2D eigenvalue weighted by atomic mass is 79.9. The monoisotopic (exact) mass is 366 g/mol. The predicted molar refractivity (Wildman–Crippen MR) is 80.8 cm³/mol. The Morgan fingerprint density at radius 3 is 1.72 bits per heavy atom. The second kappa shape index (κ2) is 5.81. The molecule has 92 valence electrons. The first kappa shape index (κ1) is 13.5. The van der Waals surface area contributed by atoms with E-state index >= 15 is 0 Å². The summed E-state index contributed by atoms with van der Waals surface area (Å²) in [6.45, 7) is 1.63. The van der Waals surface area contributed by atoms with E-state index in [0.29, 0.717) is 0 Å². The van der Waals surface area contributed by atoms with Crippen LogP contribution in [0.5, 0.6) is 0 Å². The molecule has 0 heterocycles. The molecule has 0 saturated carbocycles. The zero-order valence-corrected chi connectivity index (χ0v) is 13.0. The molecule has 0 aliphatic heterocycles. The van der Waals surface area contributed by atoms with Gasteiger partial charge in [-0.1, -0.05) is 56.1 Å². The maximum Gasteiger partial charge on any atom is 0.141 e. The van der Waals surface area contributed by atoms with Crippen molar-refractivity contribution < 1.29 is 4.79 Å². The summed E-state index contributed by atoms with van der Waals surface area (Å²) in [5, 5.41) is 0. The Kier molecular flexibility index (Phi) is 4.36. The van der Waals surface area contributed by atoms with E-state index in [9.17, 15) is 4.79 Å². The van der Waals surface area contributed by atoms with Gasteiger partial charge in [0.05, 0.1) is 5.92 Å². The third-order valence-electron chi connectivity index (χ3n) is 2.77. The molecule has 0 fully saturated rings. The highest BCUT2D eigenvalue weighted by Crippen LogP contribution is 2.29. The van der Waals surface area contributed by atoms with Crippen LogP contribution in [-0.4, -0.2) is 5.78 Å². The standard InChI is InChI=1S/C15H12Br2O/c1-10(18)15(11-4-2-6-13(16)8-11)12-5-3-7-14(17)9-12/h2-9,15H,1H3. The number of benzene rings is 2. The van der Waals surface area contributed by atoms with Gasteiger partial charge in [0.2, 0.25) is 0 Å². The maximum absolute atomic E-state index is 11.9. The Morgan fingerprint density at radius 2 is 1.39 bits per heavy atom. The third kappa shape index (κ3) is 3.09. The van der Waals surface area contributed by atoms with Gasteiger partial charge in [0.15, 0.2) is 0 Å². The lowest BCUT2D eigenvalue weighted by molar-refractivity contribution is -0.117. The van der Waals surface area contributed by atoms with Crippen molar-refractivity contribution in [2.45, 2.75) is 12.8 Å². The normalized spacial score (nSPS) is 10.7. The Balaban J connectivity index is 2.50. The van der Waals surface area contributed by atoms with Crippen LogP contribution < -0.4 is 0 Å². The largest absolute Gasteiger partial charge is 0.299 e. The number of hydrogen-bond acceptors (Lipinski definition) is 1. The van der Waals surface area contributed by atoms with Gasteiger partial charge in [0.25, 0.3) is 0 Å².